The molecule has 7 N–H and O–H groups in total. The van der Waals surface area contributed by atoms with Crippen molar-refractivity contribution in [3.05, 3.63) is 21.2 Å². The number of hydrogen-bond donors (Lipinski definition) is 5. The van der Waals surface area contributed by atoms with E-state index in [9.17, 15) is 37.9 Å². The minimum atomic E-state index is -4.93. The highest BCUT2D eigenvalue weighted by Crippen LogP contribution is 2.44. The number of rotatable bonds is 6. The Morgan fingerprint density at radius 2 is 1.94 bits per heavy atom. The molecule has 0 saturated carbocycles. The predicted molar refractivity (Wildman–Crippen MR) is 116 cm³/mol. The Hall–Kier alpha value is -3.45. The number of hydrogen-bond acceptors (Lipinski definition) is 13. The first-order valence-electron chi connectivity index (χ1n) is 9.35. The molecule has 19 heteroatoms. The van der Waals surface area contributed by atoms with Gasteiger partial charge in [0.25, 0.3) is 11.8 Å². The number of amides is 2. The van der Waals surface area contributed by atoms with Crippen LogP contribution in [-0.4, -0.2) is 66.0 Å². The predicted octanol–water partition coefficient (Wildman–Crippen LogP) is 0.934. The molecule has 2 aromatic heterocycles. The normalized spacial score (nSPS) is 20.5. The topological polar surface area (TPSA) is 210 Å². The summed E-state index contributed by atoms with van der Waals surface area (Å²) < 4.78 is 40.2. The number of carboxylic acid groups (broad SMARTS) is 1. The number of anilines is 2. The summed E-state index contributed by atoms with van der Waals surface area (Å²) in [5.41, 5.74) is 8.47. The highest BCUT2D eigenvalue weighted by atomic mass is 32.2. The molecule has 0 aliphatic carbocycles. The van der Waals surface area contributed by atoms with Crippen molar-refractivity contribution in [2.24, 2.45) is 5.16 Å². The largest absolute Gasteiger partial charge is 0.477 e. The zero-order chi connectivity index (χ0) is 25.7. The number of carbonyl (C=O) groups excluding carboxylic acids is 2. The highest BCUT2D eigenvalue weighted by Gasteiger charge is 2.54. The van der Waals surface area contributed by atoms with Crippen molar-refractivity contribution in [3.8, 4) is 0 Å². The quantitative estimate of drug-likeness (QED) is 0.148. The van der Waals surface area contributed by atoms with E-state index in [-0.39, 0.29) is 35.0 Å². The Morgan fingerprint density at radius 1 is 1.23 bits per heavy atom. The molecule has 4 heterocycles. The number of carbonyl (C=O) groups is 3. The Morgan fingerprint density at radius 3 is 2.51 bits per heavy atom. The van der Waals surface area contributed by atoms with Gasteiger partial charge in [0.1, 0.15) is 22.3 Å². The van der Waals surface area contributed by atoms with Gasteiger partial charge in [-0.15, -0.1) is 10.2 Å². The number of thiazole rings is 1. The summed E-state index contributed by atoms with van der Waals surface area (Å²) >= 11 is 2.08. The Kier molecular flexibility index (Phi) is 6.32. The third-order valence-corrected chi connectivity index (χ3v) is 7.83. The number of nitrogens with one attached hydrogen (secondary N) is 1. The van der Waals surface area contributed by atoms with Crippen LogP contribution in [-0.2, 0) is 20.6 Å². The number of oxime groups is 1. The van der Waals surface area contributed by atoms with E-state index < -0.39 is 57.5 Å². The van der Waals surface area contributed by atoms with E-state index in [2.05, 4.69) is 25.7 Å². The number of fused-ring (bicyclic) bond motifs is 1. The summed E-state index contributed by atoms with van der Waals surface area (Å²) in [4.78, 5) is 40.7. The van der Waals surface area contributed by atoms with Gasteiger partial charge < -0.3 is 27.1 Å². The molecule has 2 aliphatic rings. The van der Waals surface area contributed by atoms with Crippen LogP contribution in [0.5, 0.6) is 0 Å². The molecule has 0 radical (unpaired) electrons. The van der Waals surface area contributed by atoms with E-state index in [1.54, 1.807) is 0 Å². The summed E-state index contributed by atoms with van der Waals surface area (Å²) in [7, 11) is 0. The lowest BCUT2D eigenvalue weighted by Gasteiger charge is -2.49. The molecule has 186 valence electrons. The second kappa shape index (κ2) is 8.96. The van der Waals surface area contributed by atoms with E-state index in [1.165, 1.54) is 0 Å². The summed E-state index contributed by atoms with van der Waals surface area (Å²) in [6, 6.07) is -2.05. The van der Waals surface area contributed by atoms with Crippen molar-refractivity contribution in [2.45, 2.75) is 35.4 Å². The number of aromatic nitrogens is 3. The Balaban J connectivity index is 1.55. The molecule has 13 nitrogen and oxygen atoms in total. The first-order chi connectivity index (χ1) is 16.4. The highest BCUT2D eigenvalue weighted by molar-refractivity contribution is 8.04. The van der Waals surface area contributed by atoms with Gasteiger partial charge in [0.2, 0.25) is 5.13 Å². The fourth-order valence-electron chi connectivity index (χ4n) is 3.59. The number of allylic oxidation sites excluding steroid dienone is 1. The van der Waals surface area contributed by atoms with Gasteiger partial charge in [-0.1, -0.05) is 39.6 Å². The molecule has 0 bridgehead atoms. The maximum absolute atomic E-state index is 13.3. The first-order valence-corrected chi connectivity index (χ1v) is 11.8. The van der Waals surface area contributed by atoms with Crippen LogP contribution >= 0.6 is 34.4 Å². The van der Waals surface area contributed by atoms with E-state index in [1.807, 2.05) is 0 Å². The lowest BCUT2D eigenvalue weighted by atomic mass is 9.86. The molecule has 0 spiro atoms. The number of nitrogens with two attached hydrogens (primary N) is 2. The van der Waals surface area contributed by atoms with Crippen molar-refractivity contribution in [2.75, 3.05) is 11.5 Å². The van der Waals surface area contributed by atoms with Gasteiger partial charge in [-0.25, -0.2) is 9.78 Å². The third kappa shape index (κ3) is 4.48. The second-order valence-electron chi connectivity index (χ2n) is 7.03. The van der Waals surface area contributed by atoms with Crippen LogP contribution in [0.25, 0.3) is 0 Å². The summed E-state index contributed by atoms with van der Waals surface area (Å²) in [5.74, 6) is -3.51. The molecule has 2 amide bonds. The summed E-state index contributed by atoms with van der Waals surface area (Å²) in [6.45, 7) is 0. The van der Waals surface area contributed by atoms with Crippen molar-refractivity contribution in [3.63, 3.8) is 0 Å². The lowest BCUT2D eigenvalue weighted by Crippen LogP contribution is -2.72. The van der Waals surface area contributed by atoms with Crippen molar-refractivity contribution < 1.29 is 37.9 Å². The summed E-state index contributed by atoms with van der Waals surface area (Å²) in [6.07, 6.45) is -4.50. The van der Waals surface area contributed by atoms with E-state index in [0.29, 0.717) is 9.24 Å². The van der Waals surface area contributed by atoms with Gasteiger partial charge in [0.05, 0.1) is 6.04 Å². The minimum absolute atomic E-state index is 0.0500. The van der Waals surface area contributed by atoms with Crippen molar-refractivity contribution >= 4 is 68.2 Å². The molecule has 2 aliphatic heterocycles. The fourth-order valence-corrected chi connectivity index (χ4v) is 6.16. The first kappa shape index (κ1) is 24.7. The molecule has 1 saturated heterocycles. The number of halogens is 3. The molecule has 35 heavy (non-hydrogen) atoms. The molecule has 2 aromatic rings. The summed E-state index contributed by atoms with van der Waals surface area (Å²) in [5, 5.41) is 30.9. The molecule has 0 aromatic carbocycles. The average molecular weight is 551 g/mol. The standard InChI is InChI=1S/C16H13F3N8O5S3/c17-16(18,19)9-6(23-13(20)34-9)7(26-32)10(28)22-5-3-1-2-4(33-15-25-24-14(21)35-15)8(12(30)31)27(3)11(5)29/h3,5,32H,1-2H2,(H2,20,23)(H2,21,24)(H,22,28)(H,30,31)/b26-7+/t3-,5+/m1/s1. The number of nitrogen functional groups attached to an aromatic ring is 2. The van der Waals surface area contributed by atoms with Gasteiger partial charge in [0.15, 0.2) is 15.2 Å². The number of nitrogens with zero attached hydrogens (tertiary/aromatic N) is 5. The van der Waals surface area contributed by atoms with Gasteiger partial charge in [-0.2, -0.15) is 13.2 Å². The van der Waals surface area contributed by atoms with E-state index in [4.69, 9.17) is 11.5 Å². The second-order valence-corrected chi connectivity index (χ2v) is 10.4. The van der Waals surface area contributed by atoms with Crippen molar-refractivity contribution in [1.82, 2.24) is 25.4 Å². The maximum Gasteiger partial charge on any atom is 0.427 e. The number of alkyl halides is 3. The SMILES string of the molecule is Nc1nnc(SC2=C(C(=O)O)N3C(=O)[C@@H](NC(=O)/C(=N/O)c4nc(N)sc4C(F)(F)F)[C@H]3CC2)s1. The van der Waals surface area contributed by atoms with Crippen LogP contribution in [0.2, 0.25) is 0 Å². The molecule has 4 rings (SSSR count). The zero-order valence-corrected chi connectivity index (χ0v) is 19.4. The lowest BCUT2D eigenvalue weighted by molar-refractivity contribution is -0.155. The minimum Gasteiger partial charge on any atom is -0.477 e. The fraction of sp³-hybridized carbons (Fsp3) is 0.312. The number of thioether (sulfide) groups is 1. The molecule has 2 atom stereocenters. The van der Waals surface area contributed by atoms with Gasteiger partial charge in [0, 0.05) is 4.91 Å². The van der Waals surface area contributed by atoms with Crippen LogP contribution in [0, 0.1) is 0 Å². The number of aliphatic carboxylic acids is 1. The Labute approximate surface area is 204 Å². The van der Waals surface area contributed by atoms with Gasteiger partial charge in [-0.05, 0) is 12.8 Å². The monoisotopic (exact) mass is 550 g/mol. The molecule has 1 fully saturated rings. The van der Waals surface area contributed by atoms with Crippen molar-refractivity contribution in [1.29, 1.82) is 0 Å². The number of carboxylic acids is 1. The maximum atomic E-state index is 13.3. The molecule has 0 unspecified atom stereocenters. The van der Waals surface area contributed by atoms with Crippen LogP contribution in [0.1, 0.15) is 23.4 Å². The number of β-lactam (4-membered cyclic amide) rings is 1. The average Bonchev–Trinajstić information content (AvgIpc) is 3.37. The van der Waals surface area contributed by atoms with Gasteiger partial charge in [-0.3, -0.25) is 14.5 Å². The third-order valence-electron chi connectivity index (χ3n) is 4.95. The smallest absolute Gasteiger partial charge is 0.427 e. The van der Waals surface area contributed by atoms with Crippen LogP contribution in [0.4, 0.5) is 23.4 Å². The van der Waals surface area contributed by atoms with Gasteiger partial charge >= 0.3 is 12.1 Å². The zero-order valence-electron chi connectivity index (χ0n) is 16.9. The van der Waals surface area contributed by atoms with Crippen LogP contribution in [0.15, 0.2) is 20.1 Å². The van der Waals surface area contributed by atoms with Crippen LogP contribution in [0.3, 0.4) is 0 Å². The molecular formula is C16H13F3N8O5S3. The van der Waals surface area contributed by atoms with E-state index >= 15 is 0 Å². The van der Waals surface area contributed by atoms with Crippen LogP contribution < -0.4 is 16.8 Å². The Bertz CT molecular complexity index is 1290. The molecular weight excluding hydrogens is 537 g/mol. The van der Waals surface area contributed by atoms with E-state index in [0.717, 1.165) is 28.0 Å².